The van der Waals surface area contributed by atoms with Crippen molar-refractivity contribution in [1.82, 2.24) is 19.9 Å². The van der Waals surface area contributed by atoms with Gasteiger partial charge in [-0.3, -0.25) is 9.88 Å². The minimum atomic E-state index is 0.623. The number of hydrogen-bond acceptors (Lipinski definition) is 6. The quantitative estimate of drug-likeness (QED) is 0.610. The zero-order chi connectivity index (χ0) is 20.1. The van der Waals surface area contributed by atoms with Crippen LogP contribution in [0.4, 0.5) is 0 Å². The zero-order valence-electron chi connectivity index (χ0n) is 17.0. The van der Waals surface area contributed by atoms with Crippen LogP contribution in [0.3, 0.4) is 0 Å². The lowest BCUT2D eigenvalue weighted by atomic mass is 10.1. The molecule has 0 fully saturated rings. The molecule has 1 aliphatic rings. The van der Waals surface area contributed by atoms with Crippen molar-refractivity contribution in [3.8, 4) is 22.9 Å². The molecule has 2 aromatic heterocycles. The monoisotopic (exact) mass is 390 g/mol. The summed E-state index contributed by atoms with van der Waals surface area (Å²) in [6.45, 7) is 7.90. The first-order valence-electron chi connectivity index (χ1n) is 10.1. The van der Waals surface area contributed by atoms with Crippen LogP contribution in [0.1, 0.15) is 30.7 Å². The van der Waals surface area contributed by atoms with E-state index in [4.69, 9.17) is 14.5 Å². The molecule has 150 valence electrons. The Hall–Kier alpha value is -2.99. The highest BCUT2D eigenvalue weighted by atomic mass is 16.5. The van der Waals surface area contributed by atoms with Crippen molar-refractivity contribution in [2.45, 2.75) is 33.4 Å². The van der Waals surface area contributed by atoms with Crippen LogP contribution in [0.15, 0.2) is 48.9 Å². The van der Waals surface area contributed by atoms with Crippen molar-refractivity contribution in [1.29, 1.82) is 0 Å². The van der Waals surface area contributed by atoms with E-state index in [1.165, 1.54) is 11.1 Å². The molecule has 0 unspecified atom stereocenters. The molecule has 6 heteroatoms. The fraction of sp³-hybridized carbons (Fsp3) is 0.348. The van der Waals surface area contributed by atoms with Crippen LogP contribution in [0.5, 0.6) is 11.5 Å². The minimum Gasteiger partial charge on any atom is -0.490 e. The molecule has 0 atom stereocenters. The lowest BCUT2D eigenvalue weighted by molar-refractivity contribution is 0.241. The average Bonchev–Trinajstić information content (AvgIpc) is 2.76. The predicted molar refractivity (Wildman–Crippen MR) is 112 cm³/mol. The van der Waals surface area contributed by atoms with Gasteiger partial charge in [0.2, 0.25) is 0 Å². The topological polar surface area (TPSA) is 60.4 Å². The molecule has 1 aromatic carbocycles. The Bertz CT molecular complexity index is 962. The van der Waals surface area contributed by atoms with Gasteiger partial charge in [-0.15, -0.1) is 0 Å². The standard InChI is InChI=1S/C23H26N4O2/c1-3-28-21-6-5-17(13-22(21)29-4-2)15-27-12-9-20-19(16-27)14-25-23(26-20)18-7-10-24-11-8-18/h5-8,10-11,13-14H,3-4,9,12,15-16H2,1-2H3. The molecule has 0 saturated heterocycles. The zero-order valence-corrected chi connectivity index (χ0v) is 17.0. The van der Waals surface area contributed by atoms with E-state index in [9.17, 15) is 0 Å². The van der Waals surface area contributed by atoms with Crippen LogP contribution in [-0.2, 0) is 19.5 Å². The summed E-state index contributed by atoms with van der Waals surface area (Å²) in [6, 6.07) is 10.1. The first kappa shape index (κ1) is 19.3. The van der Waals surface area contributed by atoms with E-state index in [0.29, 0.717) is 13.2 Å². The summed E-state index contributed by atoms with van der Waals surface area (Å²) in [5.41, 5.74) is 4.56. The van der Waals surface area contributed by atoms with Crippen LogP contribution in [0, 0.1) is 0 Å². The second-order valence-electron chi connectivity index (χ2n) is 7.01. The molecule has 3 heterocycles. The van der Waals surface area contributed by atoms with Crippen molar-refractivity contribution in [2.24, 2.45) is 0 Å². The lowest BCUT2D eigenvalue weighted by Crippen LogP contribution is -2.31. The van der Waals surface area contributed by atoms with Gasteiger partial charge in [-0.05, 0) is 43.7 Å². The van der Waals surface area contributed by atoms with Crippen LogP contribution < -0.4 is 9.47 Å². The Balaban J connectivity index is 1.47. The molecule has 0 saturated carbocycles. The van der Waals surface area contributed by atoms with E-state index in [0.717, 1.165) is 54.6 Å². The molecule has 6 nitrogen and oxygen atoms in total. The van der Waals surface area contributed by atoms with Crippen LogP contribution in [0.2, 0.25) is 0 Å². The normalized spacial score (nSPS) is 13.7. The van der Waals surface area contributed by atoms with Gasteiger partial charge in [-0.2, -0.15) is 0 Å². The third-order valence-corrected chi connectivity index (χ3v) is 4.97. The number of benzene rings is 1. The number of aromatic nitrogens is 3. The summed E-state index contributed by atoms with van der Waals surface area (Å²) in [7, 11) is 0. The first-order chi connectivity index (χ1) is 14.3. The molecule has 0 aliphatic carbocycles. The maximum absolute atomic E-state index is 5.76. The van der Waals surface area contributed by atoms with E-state index in [1.54, 1.807) is 12.4 Å². The summed E-state index contributed by atoms with van der Waals surface area (Å²) in [6.07, 6.45) is 6.43. The third kappa shape index (κ3) is 4.54. The van der Waals surface area contributed by atoms with Crippen molar-refractivity contribution < 1.29 is 9.47 Å². The number of fused-ring (bicyclic) bond motifs is 1. The molecular formula is C23H26N4O2. The number of ether oxygens (including phenoxy) is 2. The largest absolute Gasteiger partial charge is 0.490 e. The minimum absolute atomic E-state index is 0.623. The fourth-order valence-electron chi connectivity index (χ4n) is 3.60. The Morgan fingerprint density at radius 2 is 1.79 bits per heavy atom. The van der Waals surface area contributed by atoms with Gasteiger partial charge in [0, 0.05) is 55.8 Å². The highest BCUT2D eigenvalue weighted by Gasteiger charge is 2.19. The lowest BCUT2D eigenvalue weighted by Gasteiger charge is -2.28. The van der Waals surface area contributed by atoms with Crippen molar-refractivity contribution in [3.05, 3.63) is 65.7 Å². The molecule has 4 rings (SSSR count). The van der Waals surface area contributed by atoms with E-state index < -0.39 is 0 Å². The summed E-state index contributed by atoms with van der Waals surface area (Å²) in [4.78, 5) is 15.8. The fourth-order valence-corrected chi connectivity index (χ4v) is 3.60. The predicted octanol–water partition coefficient (Wildman–Crippen LogP) is 3.89. The molecule has 0 spiro atoms. The Kier molecular flexibility index (Phi) is 6.00. The van der Waals surface area contributed by atoms with Gasteiger partial charge in [0.25, 0.3) is 0 Å². The average molecular weight is 390 g/mol. The first-order valence-corrected chi connectivity index (χ1v) is 10.1. The van der Waals surface area contributed by atoms with Crippen molar-refractivity contribution in [2.75, 3.05) is 19.8 Å². The Morgan fingerprint density at radius 1 is 1.00 bits per heavy atom. The van der Waals surface area contributed by atoms with Crippen LogP contribution in [-0.4, -0.2) is 39.6 Å². The third-order valence-electron chi connectivity index (χ3n) is 4.97. The van der Waals surface area contributed by atoms with Gasteiger partial charge in [0.05, 0.1) is 18.9 Å². The van der Waals surface area contributed by atoms with Gasteiger partial charge in [-0.1, -0.05) is 6.07 Å². The van der Waals surface area contributed by atoms with Gasteiger partial charge in [0.1, 0.15) is 0 Å². The van der Waals surface area contributed by atoms with Gasteiger partial charge in [0.15, 0.2) is 17.3 Å². The molecule has 0 amide bonds. The second-order valence-corrected chi connectivity index (χ2v) is 7.01. The molecule has 3 aromatic rings. The van der Waals surface area contributed by atoms with Gasteiger partial charge in [-0.25, -0.2) is 9.97 Å². The summed E-state index contributed by atoms with van der Waals surface area (Å²) in [5, 5.41) is 0. The molecule has 1 aliphatic heterocycles. The summed E-state index contributed by atoms with van der Waals surface area (Å²) >= 11 is 0. The second kappa shape index (κ2) is 9.01. The number of nitrogens with zero attached hydrogens (tertiary/aromatic N) is 4. The van der Waals surface area contributed by atoms with E-state index >= 15 is 0 Å². The smallest absolute Gasteiger partial charge is 0.161 e. The number of hydrogen-bond donors (Lipinski definition) is 0. The SMILES string of the molecule is CCOc1ccc(CN2CCc3nc(-c4ccncc4)ncc3C2)cc1OCC. The van der Waals surface area contributed by atoms with Crippen LogP contribution in [0.25, 0.3) is 11.4 Å². The van der Waals surface area contributed by atoms with Gasteiger partial charge >= 0.3 is 0 Å². The van der Waals surface area contributed by atoms with Gasteiger partial charge < -0.3 is 9.47 Å². The molecule has 0 bridgehead atoms. The van der Waals surface area contributed by atoms with E-state index in [-0.39, 0.29) is 0 Å². The van der Waals surface area contributed by atoms with E-state index in [2.05, 4.69) is 27.0 Å². The van der Waals surface area contributed by atoms with Crippen molar-refractivity contribution >= 4 is 0 Å². The summed E-state index contributed by atoms with van der Waals surface area (Å²) < 4.78 is 11.4. The molecule has 0 radical (unpaired) electrons. The Labute approximate surface area is 171 Å². The number of pyridine rings is 1. The van der Waals surface area contributed by atoms with Crippen molar-refractivity contribution in [3.63, 3.8) is 0 Å². The van der Waals surface area contributed by atoms with E-state index in [1.807, 2.05) is 38.2 Å². The highest BCUT2D eigenvalue weighted by Crippen LogP contribution is 2.30. The summed E-state index contributed by atoms with van der Waals surface area (Å²) in [5.74, 6) is 2.39. The molecule has 0 N–H and O–H groups in total. The Morgan fingerprint density at radius 3 is 2.59 bits per heavy atom. The molecular weight excluding hydrogens is 364 g/mol. The maximum Gasteiger partial charge on any atom is 0.161 e. The highest BCUT2D eigenvalue weighted by molar-refractivity contribution is 5.54. The van der Waals surface area contributed by atoms with Crippen LogP contribution >= 0.6 is 0 Å². The molecule has 29 heavy (non-hydrogen) atoms. The number of rotatable bonds is 7. The maximum atomic E-state index is 5.76.